The van der Waals surface area contributed by atoms with Crippen molar-refractivity contribution >= 4 is 50.7 Å². The summed E-state index contributed by atoms with van der Waals surface area (Å²) in [6, 6.07) is 59.0. The Morgan fingerprint density at radius 3 is 0.675 bits per heavy atom. The Balaban J connectivity index is 0.000000202. The minimum atomic E-state index is -7.22. The quantitative estimate of drug-likeness (QED) is 0.0409. The van der Waals surface area contributed by atoms with Gasteiger partial charge in [0.25, 0.3) is 0 Å². The molecule has 0 saturated heterocycles. The predicted molar refractivity (Wildman–Crippen MR) is 272 cm³/mol. The molecule has 0 bridgehead atoms. The van der Waals surface area contributed by atoms with Crippen LogP contribution in [0.5, 0.6) is 0 Å². The van der Waals surface area contributed by atoms with Gasteiger partial charge in [-0.05, 0) is 95.1 Å². The van der Waals surface area contributed by atoms with Crippen molar-refractivity contribution in [3.63, 3.8) is 0 Å². The average Bonchev–Trinajstić information content (AvgIpc) is 0.907. The first-order chi connectivity index (χ1) is 39.5. The number of benzene rings is 10. The molecule has 0 saturated carbocycles. The highest BCUT2D eigenvalue weighted by Gasteiger charge is 2.52. The molecular weight excluding hydrogens is 1180 g/mol. The molecule has 10 rings (SSSR count). The largest absolute Gasteiger partial charge is 0.207 e. The van der Waals surface area contributed by atoms with Gasteiger partial charge in [0.15, 0.2) is 84.5 Å². The highest BCUT2D eigenvalue weighted by atomic mass is 32.2. The minimum Gasteiger partial charge on any atom is -0.207 e. The van der Waals surface area contributed by atoms with Crippen molar-refractivity contribution in [2.75, 3.05) is 0 Å². The number of hydrogen-bond acceptors (Lipinski definition) is 1. The summed E-state index contributed by atoms with van der Waals surface area (Å²) in [6.07, 6.45) is -7.22. The molecule has 0 aliphatic carbocycles. The molecule has 10 aromatic rings. The Kier molecular flexibility index (Phi) is 17.0. The van der Waals surface area contributed by atoms with Gasteiger partial charge in [0, 0.05) is 9.79 Å². The molecule has 0 radical (unpaired) electrons. The molecule has 0 N–H and O–H groups in total. The summed E-state index contributed by atoms with van der Waals surface area (Å²) in [5, 5.41) is 0. The SMILES string of the molecule is Fc1c(F)c(F)c([B-](c2c(F)c(F)c(F)c(F)c2F)(c2c(F)c(F)c(F)c(F)c2F)c2c(F)c(F)c(F)c(F)c2F)c(F)c1F.c1ccc(-c2ccc(Sc3ccc([S+](c4ccccc4)c4ccc(-c5ccccc5)cc4)cc3)cc2)cc1. The van der Waals surface area contributed by atoms with Gasteiger partial charge in [0.2, 0.25) is 0 Å². The van der Waals surface area contributed by atoms with E-state index in [2.05, 4.69) is 164 Å². The molecule has 0 nitrogen and oxygen atoms in total. The zero-order chi connectivity index (χ0) is 59.9. The van der Waals surface area contributed by atoms with Gasteiger partial charge in [-0.2, -0.15) is 0 Å². The van der Waals surface area contributed by atoms with E-state index in [1.54, 1.807) is 11.8 Å². The van der Waals surface area contributed by atoms with Crippen molar-refractivity contribution in [1.82, 2.24) is 0 Å². The maximum atomic E-state index is 15.4. The van der Waals surface area contributed by atoms with E-state index in [1.807, 2.05) is 0 Å². The van der Waals surface area contributed by atoms with Crippen molar-refractivity contribution < 1.29 is 87.8 Å². The van der Waals surface area contributed by atoms with Crippen LogP contribution in [0.3, 0.4) is 0 Å². The lowest BCUT2D eigenvalue weighted by Gasteiger charge is -2.44. The smallest absolute Gasteiger partial charge is 0.200 e. The van der Waals surface area contributed by atoms with E-state index in [9.17, 15) is 52.7 Å². The van der Waals surface area contributed by atoms with Crippen LogP contribution in [0.25, 0.3) is 22.3 Å². The molecule has 0 aromatic heterocycles. The van der Waals surface area contributed by atoms with Crippen LogP contribution < -0.4 is 21.9 Å². The molecule has 0 spiro atoms. The molecule has 0 amide bonds. The summed E-state index contributed by atoms with van der Waals surface area (Å²) < 4.78 is 294. The summed E-state index contributed by atoms with van der Waals surface area (Å²) >= 11 is 1.81. The molecule has 0 aliphatic heterocycles. The van der Waals surface area contributed by atoms with E-state index >= 15 is 35.1 Å². The molecule has 10 aromatic carbocycles. The van der Waals surface area contributed by atoms with E-state index in [-0.39, 0.29) is 10.9 Å². The van der Waals surface area contributed by atoms with Gasteiger partial charge in [-0.1, -0.05) is 103 Å². The first-order valence-electron chi connectivity index (χ1n) is 23.7. The second-order valence-electron chi connectivity index (χ2n) is 17.8. The topological polar surface area (TPSA) is 0 Å². The lowest BCUT2D eigenvalue weighted by atomic mass is 9.12. The van der Waals surface area contributed by atoms with Gasteiger partial charge >= 0.3 is 0 Å². The van der Waals surface area contributed by atoms with Crippen LogP contribution in [0.4, 0.5) is 87.8 Å². The standard InChI is InChI=1S/C36H27S2.C24BF20/c1-4-10-28(11-5-1)30-16-20-32(21-17-30)37-33-22-26-36(27-23-33)38(34-14-8-3-9-15-34)35-24-18-31(19-25-35)29-12-6-2-7-13-29;26-5-1(6(27)14(35)21(42)13(5)34)25(2-7(28)15(36)22(43)16(37)8(2)29,3-9(30)17(38)23(44)18(39)10(3)31)4-11(32)19(40)24(45)20(41)12(4)33/h1-27H;/q+1;-1. The van der Waals surface area contributed by atoms with Gasteiger partial charge in [-0.3, -0.25) is 0 Å². The van der Waals surface area contributed by atoms with Crippen LogP contribution in [0.2, 0.25) is 0 Å². The molecule has 0 fully saturated rings. The van der Waals surface area contributed by atoms with Crippen LogP contribution in [-0.2, 0) is 10.9 Å². The fourth-order valence-corrected chi connectivity index (χ4v) is 12.3. The summed E-state index contributed by atoms with van der Waals surface area (Å²) in [5.74, 6) is -71.4. The van der Waals surface area contributed by atoms with E-state index < -0.39 is 144 Å². The normalized spacial score (nSPS) is 11.9. The highest BCUT2D eigenvalue weighted by Crippen LogP contribution is 2.37. The van der Waals surface area contributed by atoms with Crippen LogP contribution in [0.1, 0.15) is 0 Å². The first-order valence-corrected chi connectivity index (χ1v) is 25.7. The summed E-state index contributed by atoms with van der Waals surface area (Å²) in [7, 11) is -0.168. The fourth-order valence-electron chi connectivity index (χ4n) is 9.38. The van der Waals surface area contributed by atoms with Crippen LogP contribution >= 0.6 is 11.8 Å². The zero-order valence-electron chi connectivity index (χ0n) is 41.0. The zero-order valence-corrected chi connectivity index (χ0v) is 42.7. The third kappa shape index (κ3) is 10.5. The van der Waals surface area contributed by atoms with Crippen LogP contribution in [0, 0.1) is 116 Å². The number of hydrogen-bond donors (Lipinski definition) is 0. The maximum Gasteiger partial charge on any atom is 0.200 e. The molecule has 0 aliphatic rings. The van der Waals surface area contributed by atoms with E-state index in [0.29, 0.717) is 0 Å². The van der Waals surface area contributed by atoms with E-state index in [4.69, 9.17) is 0 Å². The van der Waals surface area contributed by atoms with Crippen LogP contribution in [0.15, 0.2) is 188 Å². The Bertz CT molecular complexity index is 3700. The Morgan fingerprint density at radius 2 is 0.398 bits per heavy atom. The number of halogens is 20. The van der Waals surface area contributed by atoms with Gasteiger partial charge in [-0.25, -0.2) is 87.8 Å². The van der Waals surface area contributed by atoms with Crippen molar-refractivity contribution in [3.8, 4) is 22.3 Å². The monoisotopic (exact) mass is 1200 g/mol. The summed E-state index contributed by atoms with van der Waals surface area (Å²) in [4.78, 5) is 6.48. The van der Waals surface area contributed by atoms with Crippen molar-refractivity contribution in [2.45, 2.75) is 24.5 Å². The van der Waals surface area contributed by atoms with Crippen molar-refractivity contribution in [2.24, 2.45) is 0 Å². The van der Waals surface area contributed by atoms with Crippen molar-refractivity contribution in [1.29, 1.82) is 0 Å². The van der Waals surface area contributed by atoms with E-state index in [0.717, 1.165) is 0 Å². The van der Waals surface area contributed by atoms with Crippen LogP contribution in [-0.4, -0.2) is 6.15 Å². The lowest BCUT2D eigenvalue weighted by Crippen LogP contribution is -2.81. The first kappa shape index (κ1) is 59.2. The molecule has 1 unspecified atom stereocenters. The fraction of sp³-hybridized carbons (Fsp3) is 0. The lowest BCUT2D eigenvalue weighted by molar-refractivity contribution is 0.378. The predicted octanol–water partition coefficient (Wildman–Crippen LogP) is 16.1. The average molecular weight is 1200 g/mol. The Morgan fingerprint density at radius 1 is 0.205 bits per heavy atom. The van der Waals surface area contributed by atoms with Gasteiger partial charge in [-0.15, -0.1) is 21.9 Å². The van der Waals surface area contributed by atoms with Crippen molar-refractivity contribution in [3.05, 3.63) is 280 Å². The Labute approximate surface area is 463 Å². The molecule has 0 heterocycles. The van der Waals surface area contributed by atoms with Gasteiger partial charge < -0.3 is 0 Å². The molecule has 422 valence electrons. The second kappa shape index (κ2) is 23.8. The third-order valence-electron chi connectivity index (χ3n) is 13.1. The van der Waals surface area contributed by atoms with Gasteiger partial charge in [0.05, 0.1) is 10.9 Å². The van der Waals surface area contributed by atoms with E-state index in [1.165, 1.54) is 46.7 Å². The third-order valence-corrected chi connectivity index (χ3v) is 16.4. The second-order valence-corrected chi connectivity index (χ2v) is 20.9. The highest BCUT2D eigenvalue weighted by molar-refractivity contribution is 7.99. The maximum absolute atomic E-state index is 15.4. The number of rotatable bonds is 11. The molecule has 83 heavy (non-hydrogen) atoms. The minimum absolute atomic E-state index is 0.168. The molecule has 23 heteroatoms. The molecular formula is C60H27BF20S2. The summed E-state index contributed by atoms with van der Waals surface area (Å²) in [6.45, 7) is 0. The molecule has 1 atom stereocenters. The summed E-state index contributed by atoms with van der Waals surface area (Å²) in [5.41, 5.74) is -9.34. The Hall–Kier alpha value is -8.44. The van der Waals surface area contributed by atoms with Gasteiger partial charge in [0.1, 0.15) is 52.7 Å².